The second-order valence-electron chi connectivity index (χ2n) is 10.6. The average Bonchev–Trinajstić information content (AvgIpc) is 3.00. The molecule has 2 amide bonds. The number of halogens is 3. The van der Waals surface area contributed by atoms with Crippen molar-refractivity contribution in [2.24, 2.45) is 0 Å². The van der Waals surface area contributed by atoms with Gasteiger partial charge in [-0.15, -0.1) is 0 Å². The Labute approximate surface area is 256 Å². The first-order valence-electron chi connectivity index (χ1n) is 13.5. The summed E-state index contributed by atoms with van der Waals surface area (Å²) < 4.78 is 72.4. The van der Waals surface area contributed by atoms with Gasteiger partial charge in [-0.2, -0.15) is 4.39 Å². The van der Waals surface area contributed by atoms with E-state index in [1.54, 1.807) is 27.8 Å². The SMILES string of the molecule is COc1cc2c(Oc3c(F)cc(NC(=O)c4cnccc4OC)c(F)c3F)ccnc2cc1OCCN(C)C(=O)OC(C)(C)C. The summed E-state index contributed by atoms with van der Waals surface area (Å²) in [4.78, 5) is 34.3. The first-order chi connectivity index (χ1) is 21.3. The predicted molar refractivity (Wildman–Crippen MR) is 158 cm³/mol. The van der Waals surface area contributed by atoms with Crippen LogP contribution in [0.15, 0.2) is 48.9 Å². The topological polar surface area (TPSA) is 121 Å². The summed E-state index contributed by atoms with van der Waals surface area (Å²) in [7, 11) is 4.28. The predicted octanol–water partition coefficient (Wildman–Crippen LogP) is 6.35. The van der Waals surface area contributed by atoms with Crippen LogP contribution in [-0.4, -0.2) is 66.9 Å². The summed E-state index contributed by atoms with van der Waals surface area (Å²) in [5.41, 5.74) is -1.17. The van der Waals surface area contributed by atoms with Gasteiger partial charge in [-0.25, -0.2) is 13.6 Å². The van der Waals surface area contributed by atoms with Gasteiger partial charge in [0.2, 0.25) is 11.6 Å². The van der Waals surface area contributed by atoms with Crippen molar-refractivity contribution >= 4 is 28.6 Å². The fraction of sp³-hybridized carbons (Fsp3) is 0.290. The first-order valence-corrected chi connectivity index (χ1v) is 13.5. The van der Waals surface area contributed by atoms with Crippen LogP contribution >= 0.6 is 0 Å². The first kappa shape index (κ1) is 32.6. The van der Waals surface area contributed by atoms with Gasteiger partial charge >= 0.3 is 6.09 Å². The highest BCUT2D eigenvalue weighted by Crippen LogP contribution is 2.39. The zero-order valence-corrected chi connectivity index (χ0v) is 25.4. The zero-order valence-electron chi connectivity index (χ0n) is 25.4. The van der Waals surface area contributed by atoms with E-state index in [1.165, 1.54) is 55.8 Å². The van der Waals surface area contributed by atoms with E-state index in [-0.39, 0.29) is 47.1 Å². The van der Waals surface area contributed by atoms with E-state index in [4.69, 9.17) is 23.7 Å². The van der Waals surface area contributed by atoms with Crippen molar-refractivity contribution in [1.82, 2.24) is 14.9 Å². The van der Waals surface area contributed by atoms with Crippen LogP contribution in [0.5, 0.6) is 28.7 Å². The highest BCUT2D eigenvalue weighted by atomic mass is 19.2. The minimum absolute atomic E-state index is 0.0661. The quantitative estimate of drug-likeness (QED) is 0.200. The Morgan fingerprint density at radius 3 is 2.33 bits per heavy atom. The summed E-state index contributed by atoms with van der Waals surface area (Å²) in [5, 5.41) is 2.40. The van der Waals surface area contributed by atoms with E-state index in [0.717, 1.165) is 6.20 Å². The molecule has 0 saturated carbocycles. The summed E-state index contributed by atoms with van der Waals surface area (Å²) in [6.45, 7) is 5.56. The third kappa shape index (κ3) is 7.63. The molecule has 1 N–H and O–H groups in total. The number of methoxy groups -OCH3 is 2. The van der Waals surface area contributed by atoms with E-state index in [0.29, 0.717) is 11.6 Å². The fourth-order valence-corrected chi connectivity index (χ4v) is 4.01. The zero-order chi connectivity index (χ0) is 32.9. The molecule has 11 nitrogen and oxygen atoms in total. The lowest BCUT2D eigenvalue weighted by atomic mass is 10.1. The molecule has 0 saturated heterocycles. The molecule has 0 aliphatic heterocycles. The molecule has 14 heteroatoms. The van der Waals surface area contributed by atoms with Crippen molar-refractivity contribution in [1.29, 1.82) is 0 Å². The second kappa shape index (κ2) is 13.6. The number of hydrogen-bond acceptors (Lipinski definition) is 9. The largest absolute Gasteiger partial charge is 0.496 e. The van der Waals surface area contributed by atoms with Gasteiger partial charge in [0.05, 0.1) is 37.5 Å². The van der Waals surface area contributed by atoms with E-state index in [2.05, 4.69) is 15.3 Å². The molecule has 0 spiro atoms. The van der Waals surface area contributed by atoms with Gasteiger partial charge in [-0.05, 0) is 39.0 Å². The van der Waals surface area contributed by atoms with Gasteiger partial charge in [0.25, 0.3) is 5.91 Å². The number of benzene rings is 2. The number of pyridine rings is 2. The lowest BCUT2D eigenvalue weighted by molar-refractivity contribution is 0.0278. The number of aromatic nitrogens is 2. The Kier molecular flexibility index (Phi) is 9.85. The van der Waals surface area contributed by atoms with Crippen LogP contribution in [0.25, 0.3) is 10.9 Å². The summed E-state index contributed by atoms with van der Waals surface area (Å²) in [5.74, 6) is -5.87. The van der Waals surface area contributed by atoms with E-state index in [1.807, 2.05) is 0 Å². The van der Waals surface area contributed by atoms with Crippen LogP contribution in [0.4, 0.5) is 23.7 Å². The van der Waals surface area contributed by atoms with Crippen LogP contribution in [-0.2, 0) is 4.74 Å². The fourth-order valence-electron chi connectivity index (χ4n) is 4.01. The lowest BCUT2D eigenvalue weighted by Gasteiger charge is -2.24. The molecule has 238 valence electrons. The molecule has 0 atom stereocenters. The summed E-state index contributed by atoms with van der Waals surface area (Å²) >= 11 is 0. The smallest absolute Gasteiger partial charge is 0.410 e. The molecule has 0 bridgehead atoms. The number of ether oxygens (including phenoxy) is 5. The van der Waals surface area contributed by atoms with Gasteiger partial charge in [0.1, 0.15) is 23.7 Å². The number of carbonyl (C=O) groups excluding carboxylic acids is 2. The van der Waals surface area contributed by atoms with E-state index < -0.39 is 46.5 Å². The molecule has 0 radical (unpaired) electrons. The number of nitrogens with zero attached hydrogens (tertiary/aromatic N) is 3. The molecule has 4 aromatic rings. The Hall–Kier alpha value is -5.27. The highest BCUT2D eigenvalue weighted by Gasteiger charge is 2.25. The maximum absolute atomic E-state index is 15.1. The van der Waals surface area contributed by atoms with Crippen molar-refractivity contribution in [2.75, 3.05) is 39.7 Å². The Morgan fingerprint density at radius 2 is 1.64 bits per heavy atom. The molecular formula is C31H31F3N4O7. The number of fused-ring (bicyclic) bond motifs is 1. The van der Waals surface area contributed by atoms with Crippen LogP contribution in [0.1, 0.15) is 31.1 Å². The van der Waals surface area contributed by atoms with E-state index >= 15 is 13.2 Å². The molecule has 2 heterocycles. The van der Waals surface area contributed by atoms with Gasteiger partial charge in [0.15, 0.2) is 23.1 Å². The number of carbonyl (C=O) groups is 2. The third-order valence-electron chi connectivity index (χ3n) is 6.20. The molecule has 2 aromatic carbocycles. The van der Waals surface area contributed by atoms with Crippen molar-refractivity contribution in [3.8, 4) is 28.7 Å². The monoisotopic (exact) mass is 628 g/mol. The summed E-state index contributed by atoms with van der Waals surface area (Å²) in [6.07, 6.45) is 3.35. The van der Waals surface area contributed by atoms with Crippen LogP contribution < -0.4 is 24.3 Å². The van der Waals surface area contributed by atoms with Crippen molar-refractivity contribution in [2.45, 2.75) is 26.4 Å². The normalized spacial score (nSPS) is 11.1. The number of nitrogens with one attached hydrogen (secondary N) is 1. The second-order valence-corrected chi connectivity index (χ2v) is 10.6. The van der Waals surface area contributed by atoms with Crippen LogP contribution in [0, 0.1) is 17.5 Å². The Balaban J connectivity index is 1.55. The number of likely N-dealkylation sites (N-methyl/N-ethyl adjacent to an activating group) is 1. The Morgan fingerprint density at radius 1 is 0.933 bits per heavy atom. The number of rotatable bonds is 10. The van der Waals surface area contributed by atoms with Crippen molar-refractivity contribution in [3.05, 3.63) is 71.9 Å². The summed E-state index contributed by atoms with van der Waals surface area (Å²) in [6, 6.07) is 6.33. The highest BCUT2D eigenvalue weighted by molar-refractivity contribution is 6.06. The van der Waals surface area contributed by atoms with Crippen molar-refractivity contribution < 1.29 is 46.4 Å². The minimum Gasteiger partial charge on any atom is -0.496 e. The molecule has 0 fully saturated rings. The van der Waals surface area contributed by atoms with Gasteiger partial charge < -0.3 is 33.9 Å². The molecule has 2 aromatic heterocycles. The number of hydrogen-bond donors (Lipinski definition) is 1. The molecule has 0 aliphatic carbocycles. The molecular weight excluding hydrogens is 597 g/mol. The number of anilines is 1. The number of amides is 2. The average molecular weight is 629 g/mol. The van der Waals surface area contributed by atoms with Gasteiger partial charge in [-0.3, -0.25) is 14.8 Å². The molecule has 4 rings (SSSR count). The third-order valence-corrected chi connectivity index (χ3v) is 6.20. The standard InChI is InChI=1S/C31H31F3N4O7/c1-31(2,3)45-30(40)38(4)11-12-43-25-15-20-17(13-24(25)42-6)23(8-10-36-20)44-28-19(32)14-21(26(33)27(28)34)37-29(39)18-16-35-9-7-22(18)41-5/h7-10,13-16H,11-12H2,1-6H3,(H,37,39). The lowest BCUT2D eigenvalue weighted by Crippen LogP contribution is -2.36. The van der Waals surface area contributed by atoms with Crippen LogP contribution in [0.2, 0.25) is 0 Å². The molecule has 0 aliphatic rings. The van der Waals surface area contributed by atoms with Gasteiger partial charge in [-0.1, -0.05) is 0 Å². The minimum atomic E-state index is -1.67. The van der Waals surface area contributed by atoms with Gasteiger partial charge in [0, 0.05) is 43.2 Å². The Bertz CT molecular complexity index is 1730. The molecule has 45 heavy (non-hydrogen) atoms. The maximum Gasteiger partial charge on any atom is 0.410 e. The maximum atomic E-state index is 15.1. The van der Waals surface area contributed by atoms with E-state index in [9.17, 15) is 9.59 Å². The molecule has 0 unspecified atom stereocenters. The van der Waals surface area contributed by atoms with Crippen molar-refractivity contribution in [3.63, 3.8) is 0 Å². The van der Waals surface area contributed by atoms with Crippen LogP contribution in [0.3, 0.4) is 0 Å².